The summed E-state index contributed by atoms with van der Waals surface area (Å²) in [6, 6.07) is 2.97. The largest absolute Gasteiger partial charge is 0.513 e. The van der Waals surface area contributed by atoms with Gasteiger partial charge in [-0.1, -0.05) is 18.7 Å². The topological polar surface area (TPSA) is 90.3 Å². The van der Waals surface area contributed by atoms with Crippen molar-refractivity contribution < 1.29 is 32.6 Å². The van der Waals surface area contributed by atoms with Crippen molar-refractivity contribution in [2.45, 2.75) is 18.0 Å². The molecule has 1 aromatic carbocycles. The normalized spacial score (nSPS) is 20.8. The molecule has 0 unspecified atom stereocenters. The molecular formula is C25H23F2N3O6S2. The molecule has 9 nitrogen and oxygen atoms in total. The van der Waals surface area contributed by atoms with Gasteiger partial charge in [-0.15, -0.1) is 23.5 Å². The van der Waals surface area contributed by atoms with E-state index in [-0.39, 0.29) is 36.8 Å². The number of nitrogens with zero attached hydrogens (tertiary/aromatic N) is 3. The van der Waals surface area contributed by atoms with Gasteiger partial charge in [-0.25, -0.2) is 13.6 Å². The van der Waals surface area contributed by atoms with Crippen molar-refractivity contribution in [3.05, 3.63) is 85.5 Å². The lowest BCUT2D eigenvalue weighted by atomic mass is 9.93. The van der Waals surface area contributed by atoms with Crippen LogP contribution in [0.3, 0.4) is 0 Å². The van der Waals surface area contributed by atoms with Gasteiger partial charge in [0, 0.05) is 39.9 Å². The quantitative estimate of drug-likeness (QED) is 0.516. The van der Waals surface area contributed by atoms with Crippen molar-refractivity contribution in [2.75, 3.05) is 38.1 Å². The highest BCUT2D eigenvalue weighted by Gasteiger charge is 2.46. The number of methoxy groups -OCH3 is 1. The Bertz CT molecular complexity index is 1430. The fourth-order valence-corrected chi connectivity index (χ4v) is 6.92. The first-order chi connectivity index (χ1) is 18.3. The molecule has 3 aliphatic rings. The lowest BCUT2D eigenvalue weighted by Crippen LogP contribution is -2.66. The minimum absolute atomic E-state index is 0.103. The number of hydrogen-bond acceptors (Lipinski definition) is 9. The predicted molar refractivity (Wildman–Crippen MR) is 139 cm³/mol. The second-order valence-electron chi connectivity index (χ2n) is 8.46. The minimum atomic E-state index is -1.16. The molecule has 4 heterocycles. The van der Waals surface area contributed by atoms with Crippen LogP contribution in [-0.2, 0) is 15.2 Å². The van der Waals surface area contributed by atoms with Gasteiger partial charge < -0.3 is 19.1 Å². The molecule has 0 N–H and O–H groups in total. The van der Waals surface area contributed by atoms with Gasteiger partial charge in [0.25, 0.3) is 5.91 Å². The van der Waals surface area contributed by atoms with Gasteiger partial charge in [0.05, 0.1) is 26.4 Å². The molecule has 5 rings (SSSR count). The molecule has 1 saturated heterocycles. The van der Waals surface area contributed by atoms with Gasteiger partial charge in [0.2, 0.25) is 11.2 Å². The molecule has 38 heavy (non-hydrogen) atoms. The molecule has 0 bridgehead atoms. The molecule has 1 aromatic heterocycles. The van der Waals surface area contributed by atoms with E-state index in [1.54, 1.807) is 11.1 Å². The van der Waals surface area contributed by atoms with E-state index in [9.17, 15) is 18.8 Å². The summed E-state index contributed by atoms with van der Waals surface area (Å²) in [5.41, 5.74) is 0.451. The third-order valence-electron chi connectivity index (χ3n) is 6.58. The van der Waals surface area contributed by atoms with Gasteiger partial charge in [-0.3, -0.25) is 19.3 Å². The number of benzene rings is 1. The van der Waals surface area contributed by atoms with Crippen LogP contribution in [0, 0.1) is 11.6 Å². The molecule has 0 aliphatic carbocycles. The Morgan fingerprint density at radius 3 is 2.79 bits per heavy atom. The second-order valence-corrected chi connectivity index (χ2v) is 10.5. The Balaban J connectivity index is 1.83. The summed E-state index contributed by atoms with van der Waals surface area (Å²) in [6.07, 6.45) is 3.06. The molecule has 13 heteroatoms. The molecule has 2 aromatic rings. The maximum atomic E-state index is 15.2. The molecular weight excluding hydrogens is 540 g/mol. The Kier molecular flexibility index (Phi) is 7.25. The van der Waals surface area contributed by atoms with E-state index < -0.39 is 47.1 Å². The molecule has 0 spiro atoms. The molecule has 0 saturated carbocycles. The van der Waals surface area contributed by atoms with Gasteiger partial charge in [0.1, 0.15) is 6.17 Å². The van der Waals surface area contributed by atoms with E-state index >= 15 is 4.39 Å². The van der Waals surface area contributed by atoms with Crippen LogP contribution in [0.1, 0.15) is 27.7 Å². The molecule has 1 fully saturated rings. The summed E-state index contributed by atoms with van der Waals surface area (Å²) in [5.74, 6) is -2.79. The van der Waals surface area contributed by atoms with Gasteiger partial charge in [0.15, 0.2) is 17.3 Å². The van der Waals surface area contributed by atoms with Crippen LogP contribution in [0.25, 0.3) is 0 Å². The number of ether oxygens (including phenoxy) is 3. The second kappa shape index (κ2) is 10.5. The van der Waals surface area contributed by atoms with Gasteiger partial charge in [-0.2, -0.15) is 0 Å². The number of fused-ring (bicyclic) bond motifs is 3. The van der Waals surface area contributed by atoms with Crippen LogP contribution in [0.15, 0.2) is 51.7 Å². The molecule has 1 amide bonds. The highest BCUT2D eigenvalue weighted by molar-refractivity contribution is 8.21. The molecule has 2 atom stereocenters. The Morgan fingerprint density at radius 1 is 1.29 bits per heavy atom. The molecule has 3 aliphatic heterocycles. The number of aromatic nitrogens is 1. The van der Waals surface area contributed by atoms with Crippen LogP contribution in [-0.4, -0.2) is 60.9 Å². The number of rotatable bonds is 4. The van der Waals surface area contributed by atoms with Crippen molar-refractivity contribution in [3.8, 4) is 5.75 Å². The zero-order valence-corrected chi connectivity index (χ0v) is 22.1. The number of carbonyl (C=O) groups is 2. The monoisotopic (exact) mass is 563 g/mol. The number of hydrogen-bond donors (Lipinski definition) is 0. The molecule has 0 radical (unpaired) electrons. The van der Waals surface area contributed by atoms with E-state index in [2.05, 4.69) is 11.3 Å². The summed E-state index contributed by atoms with van der Waals surface area (Å²) in [6.45, 7) is 4.54. The highest BCUT2D eigenvalue weighted by Crippen LogP contribution is 2.47. The number of morpholine rings is 1. The van der Waals surface area contributed by atoms with Gasteiger partial charge >= 0.3 is 6.16 Å². The number of amides is 1. The summed E-state index contributed by atoms with van der Waals surface area (Å²) in [4.78, 5) is 40.0. The number of halogens is 2. The Hall–Kier alpha value is -3.29. The summed E-state index contributed by atoms with van der Waals surface area (Å²) in [5, 5.41) is 1.76. The van der Waals surface area contributed by atoms with Crippen LogP contribution < -0.4 is 15.2 Å². The molecule has 200 valence electrons. The standard InChI is InChI=1S/C25H23F2N3O6S2/c1-4-13-20(14-5-6-16(26)19(27)15(14)12-38-24(13)37-3)30-18-11-35-10-9-28(18)23(32)21-22(36-25(33)34-2)17(31)7-8-29(21)30/h4-8,18,20H,1,9-12H2,2-3H3/t18-,20+/m1/s1. The van der Waals surface area contributed by atoms with Crippen LogP contribution in [0.2, 0.25) is 0 Å². The third-order valence-corrected chi connectivity index (χ3v) is 8.97. The van der Waals surface area contributed by atoms with E-state index in [1.165, 1.54) is 45.4 Å². The highest BCUT2D eigenvalue weighted by atomic mass is 32.2. The fraction of sp³-hybridized carbons (Fsp3) is 0.320. The third kappa shape index (κ3) is 4.18. The average Bonchev–Trinajstić information content (AvgIpc) is 3.09. The van der Waals surface area contributed by atoms with Crippen molar-refractivity contribution in [1.29, 1.82) is 0 Å². The Labute approximate surface area is 225 Å². The Morgan fingerprint density at radius 2 is 2.08 bits per heavy atom. The number of pyridine rings is 1. The zero-order valence-electron chi connectivity index (χ0n) is 20.4. The summed E-state index contributed by atoms with van der Waals surface area (Å²) < 4.78 is 47.3. The average molecular weight is 564 g/mol. The number of carbonyl (C=O) groups excluding carboxylic acids is 2. The van der Waals surface area contributed by atoms with Crippen LogP contribution in [0.4, 0.5) is 13.6 Å². The van der Waals surface area contributed by atoms with Crippen molar-refractivity contribution in [2.24, 2.45) is 0 Å². The van der Waals surface area contributed by atoms with Crippen molar-refractivity contribution in [3.63, 3.8) is 0 Å². The lowest BCUT2D eigenvalue weighted by Gasteiger charge is -2.51. The van der Waals surface area contributed by atoms with Gasteiger partial charge in [-0.05, 0) is 17.9 Å². The zero-order chi connectivity index (χ0) is 27.1. The smallest absolute Gasteiger partial charge is 0.437 e. The van der Waals surface area contributed by atoms with Crippen molar-refractivity contribution in [1.82, 2.24) is 9.58 Å². The first-order valence-electron chi connectivity index (χ1n) is 11.5. The van der Waals surface area contributed by atoms with E-state index in [0.717, 1.165) is 23.5 Å². The van der Waals surface area contributed by atoms with E-state index in [1.807, 2.05) is 6.26 Å². The van der Waals surface area contributed by atoms with Crippen molar-refractivity contribution >= 4 is 35.6 Å². The maximum Gasteiger partial charge on any atom is 0.513 e. The fourth-order valence-electron chi connectivity index (χ4n) is 4.91. The van der Waals surface area contributed by atoms with Crippen LogP contribution >= 0.6 is 23.5 Å². The summed E-state index contributed by atoms with van der Waals surface area (Å²) in [7, 11) is 1.08. The first-order valence-corrected chi connectivity index (χ1v) is 13.7. The minimum Gasteiger partial charge on any atom is -0.437 e. The maximum absolute atomic E-state index is 15.2. The SMILES string of the molecule is C=CC1=C(SC)SCc2c(ccc(F)c2F)[C@H]1N1[C@@H]2COCCN2C(=O)c2c(OC(=O)OC)c(=O)ccn21. The first kappa shape index (κ1) is 26.3. The van der Waals surface area contributed by atoms with E-state index in [0.29, 0.717) is 11.1 Å². The predicted octanol–water partition coefficient (Wildman–Crippen LogP) is 3.77. The lowest BCUT2D eigenvalue weighted by molar-refractivity contribution is -0.0197. The summed E-state index contributed by atoms with van der Waals surface area (Å²) >= 11 is 2.80. The van der Waals surface area contributed by atoms with Crippen LogP contribution in [0.5, 0.6) is 5.75 Å². The number of thioether (sulfide) groups is 2. The van der Waals surface area contributed by atoms with E-state index in [4.69, 9.17) is 9.47 Å².